The molecule has 0 saturated heterocycles. The molecule has 2 rings (SSSR count). The highest BCUT2D eigenvalue weighted by Crippen LogP contribution is 2.31. The number of esters is 1. The van der Waals surface area contributed by atoms with Crippen LogP contribution in [0.2, 0.25) is 0 Å². The van der Waals surface area contributed by atoms with Crippen molar-refractivity contribution < 1.29 is 24.2 Å². The number of ether oxygens (including phenoxy) is 1. The smallest absolute Gasteiger partial charge is 0.305 e. The van der Waals surface area contributed by atoms with E-state index in [1.807, 2.05) is 12.2 Å². The van der Waals surface area contributed by atoms with Crippen molar-refractivity contribution in [3.05, 3.63) is 12.2 Å². The fourth-order valence-electron chi connectivity index (χ4n) is 3.64. The lowest BCUT2D eigenvalue weighted by Crippen LogP contribution is -2.52. The van der Waals surface area contributed by atoms with Gasteiger partial charge in [-0.2, -0.15) is 0 Å². The van der Waals surface area contributed by atoms with Crippen LogP contribution in [0.4, 0.5) is 0 Å². The van der Waals surface area contributed by atoms with E-state index in [0.29, 0.717) is 19.3 Å². The number of hydrogen-bond donors (Lipinski definition) is 3. The van der Waals surface area contributed by atoms with E-state index in [0.717, 1.165) is 32.1 Å². The van der Waals surface area contributed by atoms with Crippen LogP contribution in [0.3, 0.4) is 0 Å². The van der Waals surface area contributed by atoms with Crippen molar-refractivity contribution in [3.8, 4) is 0 Å². The van der Waals surface area contributed by atoms with Crippen LogP contribution in [-0.2, 0) is 19.1 Å². The molecule has 0 unspecified atom stereocenters. The SMILES string of the molecule is C[C@H](CO)NC(=O)C[C@H]1CC=CCCCC(=O)OCC2(CCCC2)NC1=O. The second-order valence-electron chi connectivity index (χ2n) is 7.79. The molecule has 1 aliphatic carbocycles. The molecule has 1 aliphatic heterocycles. The van der Waals surface area contributed by atoms with Crippen LogP contribution >= 0.6 is 0 Å². The molecule has 1 spiro atoms. The number of carbonyl (C=O) groups excluding carboxylic acids is 3. The molecule has 0 aromatic rings. The Bertz CT molecular complexity index is 555. The van der Waals surface area contributed by atoms with Crippen molar-refractivity contribution in [1.82, 2.24) is 10.6 Å². The molecule has 0 aromatic carbocycles. The topological polar surface area (TPSA) is 105 Å². The highest BCUT2D eigenvalue weighted by Gasteiger charge is 2.38. The maximum atomic E-state index is 12.9. The van der Waals surface area contributed by atoms with Gasteiger partial charge in [0, 0.05) is 18.9 Å². The summed E-state index contributed by atoms with van der Waals surface area (Å²) in [7, 11) is 0. The number of allylic oxidation sites excluding steroid dienone is 2. The summed E-state index contributed by atoms with van der Waals surface area (Å²) >= 11 is 0. The van der Waals surface area contributed by atoms with Gasteiger partial charge in [-0.3, -0.25) is 14.4 Å². The Kier molecular flexibility index (Phi) is 8.28. The van der Waals surface area contributed by atoms with Gasteiger partial charge in [0.15, 0.2) is 0 Å². The summed E-state index contributed by atoms with van der Waals surface area (Å²) in [6.07, 6.45) is 9.75. The van der Waals surface area contributed by atoms with Gasteiger partial charge in [-0.1, -0.05) is 25.0 Å². The van der Waals surface area contributed by atoms with E-state index in [9.17, 15) is 14.4 Å². The van der Waals surface area contributed by atoms with Crippen molar-refractivity contribution in [1.29, 1.82) is 0 Å². The number of hydrogen-bond acceptors (Lipinski definition) is 5. The zero-order valence-electron chi connectivity index (χ0n) is 16.2. The molecular formula is C20H32N2O5. The first kappa shape index (κ1) is 21.4. The predicted molar refractivity (Wildman–Crippen MR) is 101 cm³/mol. The Morgan fingerprint density at radius 3 is 2.78 bits per heavy atom. The van der Waals surface area contributed by atoms with Crippen molar-refractivity contribution in [3.63, 3.8) is 0 Å². The van der Waals surface area contributed by atoms with Crippen LogP contribution < -0.4 is 10.6 Å². The number of amides is 2. The molecule has 2 aliphatic rings. The number of aliphatic hydroxyl groups is 1. The minimum atomic E-state index is -0.516. The van der Waals surface area contributed by atoms with Gasteiger partial charge in [0.05, 0.1) is 18.1 Å². The third-order valence-corrected chi connectivity index (χ3v) is 5.28. The monoisotopic (exact) mass is 380 g/mol. The van der Waals surface area contributed by atoms with E-state index in [-0.39, 0.29) is 43.5 Å². The van der Waals surface area contributed by atoms with Crippen LogP contribution in [-0.4, -0.2) is 47.7 Å². The molecule has 7 heteroatoms. The summed E-state index contributed by atoms with van der Waals surface area (Å²) in [5, 5.41) is 14.9. The molecule has 1 saturated carbocycles. The van der Waals surface area contributed by atoms with Gasteiger partial charge in [0.25, 0.3) is 0 Å². The summed E-state index contributed by atoms with van der Waals surface area (Å²) in [4.78, 5) is 37.1. The molecule has 0 radical (unpaired) electrons. The number of aliphatic hydroxyl groups excluding tert-OH is 1. The zero-order valence-corrected chi connectivity index (χ0v) is 16.2. The van der Waals surface area contributed by atoms with Crippen molar-refractivity contribution in [2.45, 2.75) is 76.3 Å². The first-order chi connectivity index (χ1) is 12.9. The van der Waals surface area contributed by atoms with Crippen LogP contribution in [0.1, 0.15) is 64.7 Å². The van der Waals surface area contributed by atoms with Crippen molar-refractivity contribution >= 4 is 17.8 Å². The molecule has 3 N–H and O–H groups in total. The zero-order chi connectivity index (χ0) is 19.7. The summed E-state index contributed by atoms with van der Waals surface area (Å²) in [6, 6.07) is -0.341. The van der Waals surface area contributed by atoms with Gasteiger partial charge in [0.1, 0.15) is 6.61 Å². The van der Waals surface area contributed by atoms with E-state index in [1.165, 1.54) is 0 Å². The maximum absolute atomic E-state index is 12.9. The fourth-order valence-corrected chi connectivity index (χ4v) is 3.64. The van der Waals surface area contributed by atoms with Crippen LogP contribution in [0.15, 0.2) is 12.2 Å². The van der Waals surface area contributed by atoms with E-state index in [4.69, 9.17) is 9.84 Å². The van der Waals surface area contributed by atoms with Crippen LogP contribution in [0.25, 0.3) is 0 Å². The van der Waals surface area contributed by atoms with Gasteiger partial charge in [-0.05, 0) is 39.0 Å². The molecule has 27 heavy (non-hydrogen) atoms. The highest BCUT2D eigenvalue weighted by atomic mass is 16.5. The van der Waals surface area contributed by atoms with Crippen molar-refractivity contribution in [2.24, 2.45) is 5.92 Å². The van der Waals surface area contributed by atoms with Crippen LogP contribution in [0, 0.1) is 5.92 Å². The Morgan fingerprint density at radius 1 is 1.33 bits per heavy atom. The van der Waals surface area contributed by atoms with Crippen LogP contribution in [0.5, 0.6) is 0 Å². The van der Waals surface area contributed by atoms with Crippen molar-refractivity contribution in [2.75, 3.05) is 13.2 Å². The second kappa shape index (κ2) is 10.4. The highest BCUT2D eigenvalue weighted by molar-refractivity contribution is 5.86. The summed E-state index contributed by atoms with van der Waals surface area (Å²) < 4.78 is 5.44. The fraction of sp³-hybridized carbons (Fsp3) is 0.750. The summed E-state index contributed by atoms with van der Waals surface area (Å²) in [5.41, 5.74) is -0.516. The Morgan fingerprint density at radius 2 is 2.07 bits per heavy atom. The number of rotatable bonds is 4. The molecule has 1 heterocycles. The molecule has 2 amide bonds. The average Bonchev–Trinajstić information content (AvgIpc) is 3.09. The van der Waals surface area contributed by atoms with Gasteiger partial charge in [-0.25, -0.2) is 0 Å². The summed E-state index contributed by atoms with van der Waals surface area (Å²) in [6.45, 7) is 1.77. The van der Waals surface area contributed by atoms with Gasteiger partial charge < -0.3 is 20.5 Å². The second-order valence-corrected chi connectivity index (χ2v) is 7.79. The molecule has 2 atom stereocenters. The Labute approximate surface area is 160 Å². The van der Waals surface area contributed by atoms with Gasteiger partial charge in [-0.15, -0.1) is 0 Å². The molecule has 1 fully saturated rings. The first-order valence-electron chi connectivity index (χ1n) is 9.97. The van der Waals surface area contributed by atoms with E-state index >= 15 is 0 Å². The lowest BCUT2D eigenvalue weighted by Gasteiger charge is -2.31. The maximum Gasteiger partial charge on any atom is 0.305 e. The lowest BCUT2D eigenvalue weighted by atomic mass is 9.94. The first-order valence-corrected chi connectivity index (χ1v) is 9.97. The molecule has 0 bridgehead atoms. The minimum Gasteiger partial charge on any atom is -0.463 e. The number of cyclic esters (lactones) is 1. The van der Waals surface area contributed by atoms with Gasteiger partial charge >= 0.3 is 5.97 Å². The molecule has 152 valence electrons. The number of nitrogens with one attached hydrogen (secondary N) is 2. The largest absolute Gasteiger partial charge is 0.463 e. The molecule has 7 nitrogen and oxygen atoms in total. The lowest BCUT2D eigenvalue weighted by molar-refractivity contribution is -0.147. The quantitative estimate of drug-likeness (QED) is 0.507. The van der Waals surface area contributed by atoms with E-state index in [2.05, 4.69) is 10.6 Å². The standard InChI is InChI=1S/C20H32N2O5/c1-15(13-23)21-17(24)12-16-8-4-2-3-5-9-18(25)27-14-20(22-19(16)26)10-6-7-11-20/h2,4,15-16,23H,3,5-14H2,1H3,(H,21,24)(H,22,26)/t15-,16-/m1/s1. The molecule has 0 aromatic heterocycles. The predicted octanol–water partition coefficient (Wildman–Crippen LogP) is 1.59. The van der Waals surface area contributed by atoms with Gasteiger partial charge in [0.2, 0.25) is 11.8 Å². The normalized spacial score (nSPS) is 24.9. The third kappa shape index (κ3) is 6.97. The Balaban J connectivity index is 2.10. The van der Waals surface area contributed by atoms with E-state index in [1.54, 1.807) is 6.92 Å². The third-order valence-electron chi connectivity index (χ3n) is 5.28. The Hall–Kier alpha value is -1.89. The summed E-state index contributed by atoms with van der Waals surface area (Å²) in [5.74, 6) is -1.14. The van der Waals surface area contributed by atoms with E-state index < -0.39 is 11.5 Å². The molecular weight excluding hydrogens is 348 g/mol. The number of carbonyl (C=O) groups is 3. The minimum absolute atomic E-state index is 0.0659. The average molecular weight is 380 g/mol.